The molecule has 1 amide bonds. The minimum absolute atomic E-state index is 0.00306. The Morgan fingerprint density at radius 1 is 1.18 bits per heavy atom. The number of carboxylic acids is 1. The number of hydrogen-bond donors (Lipinski definition) is 1. The standard InChI is InChI=1S/C7H11NO2.2C4H6O2/c1-2-7(9)8-3-5-10-6-4-8;1-3-4(5)6-2;1-2-3-4(5)6/h2H,1,3-6H2;3H,1H2,2H3;2-3H,1H3,(H,5,6). The van der Waals surface area contributed by atoms with Gasteiger partial charge in [-0.05, 0) is 13.0 Å². The van der Waals surface area contributed by atoms with E-state index in [4.69, 9.17) is 9.84 Å². The first-order valence-corrected chi connectivity index (χ1v) is 6.47. The first-order valence-electron chi connectivity index (χ1n) is 6.47. The van der Waals surface area contributed by atoms with Gasteiger partial charge >= 0.3 is 11.9 Å². The van der Waals surface area contributed by atoms with Gasteiger partial charge < -0.3 is 19.5 Å². The summed E-state index contributed by atoms with van der Waals surface area (Å²) in [5.74, 6) is -1.28. The second-order valence-corrected chi connectivity index (χ2v) is 3.71. The summed E-state index contributed by atoms with van der Waals surface area (Å²) in [6.45, 7) is 10.9. The lowest BCUT2D eigenvalue weighted by atomic mass is 10.4. The Labute approximate surface area is 130 Å². The number of methoxy groups -OCH3 is 1. The normalized spacial score (nSPS) is 12.9. The maximum atomic E-state index is 10.9. The average molecular weight is 313 g/mol. The number of amides is 1. The van der Waals surface area contributed by atoms with Crippen LogP contribution in [0, 0.1) is 0 Å². The lowest BCUT2D eigenvalue weighted by Gasteiger charge is -2.25. The molecular weight excluding hydrogens is 290 g/mol. The van der Waals surface area contributed by atoms with Crippen LogP contribution in [0.4, 0.5) is 0 Å². The van der Waals surface area contributed by atoms with Crippen molar-refractivity contribution in [2.45, 2.75) is 6.92 Å². The Morgan fingerprint density at radius 3 is 1.95 bits per heavy atom. The Bertz CT molecular complexity index is 397. The Kier molecular flexibility index (Phi) is 14.9. The van der Waals surface area contributed by atoms with E-state index >= 15 is 0 Å². The summed E-state index contributed by atoms with van der Waals surface area (Å²) in [6, 6.07) is 0. The van der Waals surface area contributed by atoms with E-state index < -0.39 is 11.9 Å². The van der Waals surface area contributed by atoms with Crippen molar-refractivity contribution in [2.75, 3.05) is 33.4 Å². The van der Waals surface area contributed by atoms with Gasteiger partial charge in [-0.15, -0.1) is 0 Å². The molecular formula is C15H23NO6. The van der Waals surface area contributed by atoms with Crippen molar-refractivity contribution in [3.05, 3.63) is 37.5 Å². The van der Waals surface area contributed by atoms with Gasteiger partial charge in [-0.1, -0.05) is 19.2 Å². The second kappa shape index (κ2) is 15.0. The van der Waals surface area contributed by atoms with E-state index in [1.165, 1.54) is 19.3 Å². The highest BCUT2D eigenvalue weighted by molar-refractivity contribution is 5.87. The van der Waals surface area contributed by atoms with Gasteiger partial charge in [0.2, 0.25) is 5.91 Å². The molecule has 0 saturated carbocycles. The van der Waals surface area contributed by atoms with Gasteiger partial charge in [0.25, 0.3) is 0 Å². The van der Waals surface area contributed by atoms with Gasteiger partial charge in [-0.3, -0.25) is 4.79 Å². The van der Waals surface area contributed by atoms with Crippen molar-refractivity contribution >= 4 is 17.8 Å². The third kappa shape index (κ3) is 14.0. The summed E-state index contributed by atoms with van der Waals surface area (Å²) in [5.41, 5.74) is 0. The third-order valence-electron chi connectivity index (χ3n) is 2.17. The fraction of sp³-hybridized carbons (Fsp3) is 0.400. The number of ether oxygens (including phenoxy) is 2. The van der Waals surface area contributed by atoms with Crippen LogP contribution < -0.4 is 0 Å². The third-order valence-corrected chi connectivity index (χ3v) is 2.17. The molecule has 1 fully saturated rings. The van der Waals surface area contributed by atoms with Crippen molar-refractivity contribution < 1.29 is 29.0 Å². The van der Waals surface area contributed by atoms with Crippen molar-refractivity contribution in [3.63, 3.8) is 0 Å². The molecule has 0 unspecified atom stereocenters. The molecule has 124 valence electrons. The summed E-state index contributed by atoms with van der Waals surface area (Å²) >= 11 is 0. The molecule has 0 spiro atoms. The molecule has 0 aromatic rings. The molecule has 0 atom stereocenters. The van der Waals surface area contributed by atoms with Gasteiger partial charge in [0.05, 0.1) is 20.3 Å². The van der Waals surface area contributed by atoms with Crippen LogP contribution in [-0.4, -0.2) is 61.3 Å². The van der Waals surface area contributed by atoms with Crippen LogP contribution >= 0.6 is 0 Å². The van der Waals surface area contributed by atoms with E-state index in [9.17, 15) is 14.4 Å². The molecule has 1 heterocycles. The van der Waals surface area contributed by atoms with Crippen molar-refractivity contribution in [1.82, 2.24) is 4.90 Å². The first-order chi connectivity index (χ1) is 10.4. The van der Waals surface area contributed by atoms with Gasteiger partial charge in [-0.25, -0.2) is 9.59 Å². The summed E-state index contributed by atoms with van der Waals surface area (Å²) in [6.07, 6.45) is 5.01. The SMILES string of the molecule is C=CC(=O)N1CCOCC1.C=CC(=O)OC.CC=CC(=O)O. The Balaban J connectivity index is 0. The van der Waals surface area contributed by atoms with E-state index in [0.717, 1.165) is 12.2 Å². The fourth-order valence-corrected chi connectivity index (χ4v) is 1.14. The lowest BCUT2D eigenvalue weighted by Crippen LogP contribution is -2.39. The molecule has 1 aliphatic heterocycles. The molecule has 0 radical (unpaired) electrons. The van der Waals surface area contributed by atoms with Gasteiger partial charge in [0, 0.05) is 25.2 Å². The molecule has 1 rings (SSSR count). The van der Waals surface area contributed by atoms with Crippen LogP contribution in [-0.2, 0) is 23.9 Å². The first kappa shape index (κ1) is 21.9. The summed E-state index contributed by atoms with van der Waals surface area (Å²) in [7, 11) is 1.31. The van der Waals surface area contributed by atoms with Crippen molar-refractivity contribution in [1.29, 1.82) is 0 Å². The van der Waals surface area contributed by atoms with Crippen molar-refractivity contribution in [3.8, 4) is 0 Å². The average Bonchev–Trinajstić information content (AvgIpc) is 2.55. The smallest absolute Gasteiger partial charge is 0.329 e. The van der Waals surface area contributed by atoms with E-state index in [1.807, 2.05) is 0 Å². The zero-order valence-corrected chi connectivity index (χ0v) is 13.0. The number of allylic oxidation sites excluding steroid dienone is 1. The number of hydrogen-bond acceptors (Lipinski definition) is 5. The number of nitrogens with zero attached hydrogens (tertiary/aromatic N) is 1. The highest BCUT2D eigenvalue weighted by Gasteiger charge is 2.12. The minimum Gasteiger partial charge on any atom is -0.478 e. The Morgan fingerprint density at radius 2 is 1.73 bits per heavy atom. The number of carboxylic acid groups (broad SMARTS) is 1. The highest BCUT2D eigenvalue weighted by atomic mass is 16.5. The fourth-order valence-electron chi connectivity index (χ4n) is 1.14. The van der Waals surface area contributed by atoms with Crippen LogP contribution in [0.5, 0.6) is 0 Å². The van der Waals surface area contributed by atoms with Gasteiger partial charge in [0.15, 0.2) is 0 Å². The van der Waals surface area contributed by atoms with Gasteiger partial charge in [-0.2, -0.15) is 0 Å². The number of rotatable bonds is 3. The quantitative estimate of drug-likeness (QED) is 0.618. The molecule has 7 heteroatoms. The number of esters is 1. The molecule has 1 aliphatic rings. The second-order valence-electron chi connectivity index (χ2n) is 3.71. The number of morpholine rings is 1. The molecule has 0 aromatic heterocycles. The van der Waals surface area contributed by atoms with E-state index in [1.54, 1.807) is 11.8 Å². The largest absolute Gasteiger partial charge is 0.478 e. The molecule has 1 saturated heterocycles. The maximum Gasteiger partial charge on any atom is 0.329 e. The molecule has 1 N–H and O–H groups in total. The molecule has 0 bridgehead atoms. The zero-order valence-electron chi connectivity index (χ0n) is 13.0. The summed E-state index contributed by atoms with van der Waals surface area (Å²) in [4.78, 5) is 32.0. The van der Waals surface area contributed by atoms with Crippen LogP contribution in [0.1, 0.15) is 6.92 Å². The van der Waals surface area contributed by atoms with Crippen molar-refractivity contribution in [2.24, 2.45) is 0 Å². The predicted octanol–water partition coefficient (Wildman–Crippen LogP) is 1.02. The minimum atomic E-state index is -0.891. The van der Waals surface area contributed by atoms with E-state index in [0.29, 0.717) is 26.3 Å². The monoisotopic (exact) mass is 313 g/mol. The molecule has 0 aromatic carbocycles. The molecule has 0 aliphatic carbocycles. The van der Waals surface area contributed by atoms with Crippen LogP contribution in [0.2, 0.25) is 0 Å². The van der Waals surface area contributed by atoms with Crippen LogP contribution in [0.25, 0.3) is 0 Å². The topological polar surface area (TPSA) is 93.1 Å². The maximum absolute atomic E-state index is 10.9. The lowest BCUT2D eigenvalue weighted by molar-refractivity contribution is -0.135. The van der Waals surface area contributed by atoms with Crippen LogP contribution in [0.3, 0.4) is 0 Å². The predicted molar refractivity (Wildman–Crippen MR) is 82.3 cm³/mol. The molecule has 7 nitrogen and oxygen atoms in total. The number of carbonyl (C=O) groups excluding carboxylic acids is 2. The number of aliphatic carboxylic acids is 1. The van der Waals surface area contributed by atoms with E-state index in [2.05, 4.69) is 17.9 Å². The number of carbonyl (C=O) groups is 3. The molecule has 22 heavy (non-hydrogen) atoms. The van der Waals surface area contributed by atoms with E-state index in [-0.39, 0.29) is 5.91 Å². The highest BCUT2D eigenvalue weighted by Crippen LogP contribution is 1.96. The summed E-state index contributed by atoms with van der Waals surface area (Å²) < 4.78 is 9.21. The van der Waals surface area contributed by atoms with Gasteiger partial charge in [0.1, 0.15) is 0 Å². The Hall–Kier alpha value is -2.41. The zero-order chi connectivity index (χ0) is 17.4. The summed E-state index contributed by atoms with van der Waals surface area (Å²) in [5, 5.41) is 7.83. The van der Waals surface area contributed by atoms with Crippen LogP contribution in [0.15, 0.2) is 37.5 Å².